The molecule has 0 aliphatic carbocycles. The van der Waals surface area contributed by atoms with Crippen LogP contribution in [0.4, 0.5) is 11.4 Å². The lowest BCUT2D eigenvalue weighted by Crippen LogP contribution is -2.31. The molecule has 0 radical (unpaired) electrons. The van der Waals surface area contributed by atoms with Gasteiger partial charge in [0.1, 0.15) is 48.0 Å². The van der Waals surface area contributed by atoms with Crippen LogP contribution >= 0.6 is 43.2 Å². The van der Waals surface area contributed by atoms with Gasteiger partial charge in [0, 0.05) is 79.4 Å². The van der Waals surface area contributed by atoms with Crippen LogP contribution in [0, 0.1) is 0 Å². The summed E-state index contributed by atoms with van der Waals surface area (Å²) < 4.78 is 35.0. The molecule has 344 valence electrons. The van der Waals surface area contributed by atoms with Gasteiger partial charge in [-0.1, -0.05) is 91.7 Å². The first-order valence-electron chi connectivity index (χ1n) is 22.4. The Labute approximate surface area is 412 Å². The van der Waals surface area contributed by atoms with Crippen molar-refractivity contribution < 1.29 is 27.8 Å². The van der Waals surface area contributed by atoms with Gasteiger partial charge in [-0.15, -0.1) is 0 Å². The number of benzene rings is 6. The Kier molecular flexibility index (Phi) is 13.8. The summed E-state index contributed by atoms with van der Waals surface area (Å²) in [7, 11) is 7.02. The average molecular weight is 977 g/mol. The fourth-order valence-electron chi connectivity index (χ4n) is 8.39. The maximum atomic E-state index is 6.08. The molecule has 0 spiro atoms. The van der Waals surface area contributed by atoms with E-state index in [4.69, 9.17) is 27.8 Å². The first kappa shape index (κ1) is 44.5. The molecule has 6 heterocycles. The molecule has 6 aromatic carbocycles. The van der Waals surface area contributed by atoms with E-state index in [2.05, 4.69) is 141 Å². The fraction of sp³-hybridized carbons (Fsp3) is 0.185. The third-order valence-corrected chi connectivity index (χ3v) is 16.6. The number of nitrogens with zero attached hydrogens (tertiary/aromatic N) is 4. The first-order chi connectivity index (χ1) is 33.6. The Morgan fingerprint density at radius 2 is 0.765 bits per heavy atom. The third-order valence-electron chi connectivity index (χ3n) is 11.8. The number of furan rings is 2. The lowest BCUT2D eigenvalue weighted by atomic mass is 10.1. The summed E-state index contributed by atoms with van der Waals surface area (Å²) in [6.07, 6.45) is 3.42. The standard InChI is InChI=1S/C28H24N2O2S2.C26H24N2O4S2/c1-3-7-23(8-4-1)29-17-21-11-13-25(15-27(21)31-19-29)33-34-26-14-12-22-18-30(20-32-28(22)16-26)24-9-5-2-6-10-24;1-3-21(29-9-1)15-27-13-19-11-23(5-7-25(19)31-17-27)33-34-24-6-8-26-20(12-24)14-28(18-32-26)16-22-4-2-10-30-22/h1-16H,17-20H2;1-12H,13-18H2. The van der Waals surface area contributed by atoms with E-state index >= 15 is 0 Å². The van der Waals surface area contributed by atoms with E-state index < -0.39 is 0 Å². The Balaban J connectivity index is 0.000000149. The minimum absolute atomic E-state index is 0.570. The van der Waals surface area contributed by atoms with Gasteiger partial charge in [0.25, 0.3) is 0 Å². The van der Waals surface area contributed by atoms with Crippen molar-refractivity contribution in [1.29, 1.82) is 0 Å². The van der Waals surface area contributed by atoms with Crippen LogP contribution in [0.3, 0.4) is 0 Å². The van der Waals surface area contributed by atoms with Gasteiger partial charge in [0.15, 0.2) is 13.5 Å². The summed E-state index contributed by atoms with van der Waals surface area (Å²) in [5.41, 5.74) is 7.21. The van der Waals surface area contributed by atoms with Gasteiger partial charge in [-0.25, -0.2) is 0 Å². The summed E-state index contributed by atoms with van der Waals surface area (Å²) in [4.78, 5) is 13.8. The monoisotopic (exact) mass is 976 g/mol. The van der Waals surface area contributed by atoms with Crippen molar-refractivity contribution in [3.05, 3.63) is 204 Å². The van der Waals surface area contributed by atoms with E-state index in [-0.39, 0.29) is 0 Å². The van der Waals surface area contributed by atoms with Crippen molar-refractivity contribution in [1.82, 2.24) is 9.80 Å². The summed E-state index contributed by atoms with van der Waals surface area (Å²) in [5, 5.41) is 0. The minimum atomic E-state index is 0.570. The Hall–Kier alpha value is -6.00. The highest BCUT2D eigenvalue weighted by Crippen LogP contribution is 2.44. The third kappa shape index (κ3) is 11.0. The molecule has 0 unspecified atom stereocenters. The molecule has 0 bridgehead atoms. The first-order valence-corrected chi connectivity index (χ1v) is 26.7. The summed E-state index contributed by atoms with van der Waals surface area (Å²) in [6.45, 7) is 7.18. The van der Waals surface area contributed by atoms with E-state index in [1.807, 2.05) is 36.4 Å². The molecule has 2 aromatic heterocycles. The Morgan fingerprint density at radius 3 is 1.19 bits per heavy atom. The highest BCUT2D eigenvalue weighted by Gasteiger charge is 2.23. The molecule has 0 amide bonds. The number of hydrogen-bond donors (Lipinski definition) is 0. The van der Waals surface area contributed by atoms with Crippen LogP contribution in [0.1, 0.15) is 33.8 Å². The summed E-state index contributed by atoms with van der Waals surface area (Å²) in [6, 6.07) is 54.6. The molecule has 12 rings (SSSR count). The van der Waals surface area contributed by atoms with Gasteiger partial charge >= 0.3 is 0 Å². The maximum absolute atomic E-state index is 6.08. The minimum Gasteiger partial charge on any atom is -0.478 e. The quantitative estimate of drug-likeness (QED) is 0.109. The highest BCUT2D eigenvalue weighted by atomic mass is 33.1. The molecule has 0 fully saturated rings. The van der Waals surface area contributed by atoms with Crippen LogP contribution in [0.2, 0.25) is 0 Å². The van der Waals surface area contributed by atoms with E-state index in [9.17, 15) is 0 Å². The topological polar surface area (TPSA) is 76.2 Å². The number of para-hydroxylation sites is 2. The summed E-state index contributed by atoms with van der Waals surface area (Å²) >= 11 is 0. The molecule has 0 saturated carbocycles. The summed E-state index contributed by atoms with van der Waals surface area (Å²) in [5.74, 6) is 5.79. The number of rotatable bonds is 12. The Morgan fingerprint density at radius 1 is 0.353 bits per heavy atom. The molecule has 68 heavy (non-hydrogen) atoms. The largest absolute Gasteiger partial charge is 0.478 e. The second-order valence-electron chi connectivity index (χ2n) is 16.7. The molecule has 4 aliphatic rings. The van der Waals surface area contributed by atoms with Gasteiger partial charge in [-0.3, -0.25) is 9.80 Å². The predicted molar refractivity (Wildman–Crippen MR) is 272 cm³/mol. The van der Waals surface area contributed by atoms with Crippen LogP contribution in [-0.2, 0) is 39.3 Å². The zero-order valence-electron chi connectivity index (χ0n) is 37.1. The van der Waals surface area contributed by atoms with E-state index in [1.165, 1.54) is 53.2 Å². The number of fused-ring (bicyclic) bond motifs is 4. The maximum Gasteiger partial charge on any atom is 0.161 e. The predicted octanol–water partition coefficient (Wildman–Crippen LogP) is 13.6. The van der Waals surface area contributed by atoms with E-state index in [0.29, 0.717) is 26.9 Å². The molecule has 4 aliphatic heterocycles. The molecule has 10 nitrogen and oxygen atoms in total. The van der Waals surface area contributed by atoms with Crippen molar-refractivity contribution in [2.45, 2.75) is 58.9 Å². The normalized spacial score (nSPS) is 15.2. The van der Waals surface area contributed by atoms with Crippen LogP contribution in [0.15, 0.2) is 199 Å². The SMILES string of the molecule is c1ccc(N2COc3cc(SSc4ccc5c(c4)OCN(c4ccccc4)C5)ccc3C2)cc1.c1coc(CN2COc3ccc(SSc4ccc5c(c4)CN(Cc4ccco4)CO5)cc3C2)c1. The highest BCUT2D eigenvalue weighted by molar-refractivity contribution is 8.77. The van der Waals surface area contributed by atoms with Gasteiger partial charge in [-0.2, -0.15) is 0 Å². The zero-order chi connectivity index (χ0) is 45.5. The molecule has 0 atom stereocenters. The van der Waals surface area contributed by atoms with Crippen LogP contribution in [0.5, 0.6) is 23.0 Å². The smallest absolute Gasteiger partial charge is 0.161 e. The van der Waals surface area contributed by atoms with Crippen LogP contribution in [0.25, 0.3) is 0 Å². The van der Waals surface area contributed by atoms with Crippen LogP contribution < -0.4 is 28.7 Å². The number of hydrogen-bond acceptors (Lipinski definition) is 14. The second kappa shape index (κ2) is 21.1. The van der Waals surface area contributed by atoms with Gasteiger partial charge < -0.3 is 37.6 Å². The lowest BCUT2D eigenvalue weighted by molar-refractivity contribution is 0.0821. The molecule has 14 heteroatoms. The number of anilines is 2. The fourth-order valence-corrected chi connectivity index (χ4v) is 12.4. The lowest BCUT2D eigenvalue weighted by Gasteiger charge is -2.31. The zero-order valence-corrected chi connectivity index (χ0v) is 40.4. The van der Waals surface area contributed by atoms with Gasteiger partial charge in [-0.05, 0) is 109 Å². The molecule has 0 saturated heterocycles. The molecular weight excluding hydrogens is 929 g/mol. The number of ether oxygens (including phenoxy) is 4. The molecule has 8 aromatic rings. The van der Waals surface area contributed by atoms with Crippen molar-refractivity contribution >= 4 is 54.6 Å². The molecule has 0 N–H and O–H groups in total. The van der Waals surface area contributed by atoms with Crippen molar-refractivity contribution in [2.75, 3.05) is 36.7 Å². The van der Waals surface area contributed by atoms with E-state index in [0.717, 1.165) is 73.8 Å². The van der Waals surface area contributed by atoms with Gasteiger partial charge in [0.2, 0.25) is 0 Å². The average Bonchev–Trinajstić information content (AvgIpc) is 4.13. The van der Waals surface area contributed by atoms with Crippen molar-refractivity contribution in [3.63, 3.8) is 0 Å². The van der Waals surface area contributed by atoms with Crippen molar-refractivity contribution in [3.8, 4) is 23.0 Å². The second-order valence-corrected chi connectivity index (χ2v) is 21.3. The Bertz CT molecular complexity index is 2730. The van der Waals surface area contributed by atoms with Gasteiger partial charge in [0.05, 0.1) is 25.6 Å². The van der Waals surface area contributed by atoms with Crippen LogP contribution in [-0.4, -0.2) is 36.7 Å². The van der Waals surface area contributed by atoms with E-state index in [1.54, 1.807) is 55.7 Å². The van der Waals surface area contributed by atoms with Crippen molar-refractivity contribution in [2.24, 2.45) is 0 Å². The molecular formula is C54H48N4O6S4.